The Hall–Kier alpha value is -1.43. The van der Waals surface area contributed by atoms with Crippen LogP contribution in [-0.2, 0) is 9.59 Å². The molecule has 1 aromatic heterocycles. The molecule has 0 unspecified atom stereocenters. The zero-order chi connectivity index (χ0) is 14.6. The van der Waals surface area contributed by atoms with Gasteiger partial charge in [-0.2, -0.15) is 0 Å². The number of hydrogen-bond donors (Lipinski definition) is 2. The van der Waals surface area contributed by atoms with Gasteiger partial charge in [-0.1, -0.05) is 12.8 Å². The van der Waals surface area contributed by atoms with Crippen molar-refractivity contribution in [3.8, 4) is 0 Å². The molecule has 20 heavy (non-hydrogen) atoms. The van der Waals surface area contributed by atoms with Crippen LogP contribution in [0.3, 0.4) is 0 Å². The third kappa shape index (κ3) is 3.79. The van der Waals surface area contributed by atoms with Crippen molar-refractivity contribution in [1.29, 1.82) is 0 Å². The molecule has 1 heterocycles. The SMILES string of the molecule is O=C(O)CC1(CC(=O)Nc2ccncc2Br)CCCC1. The lowest BCUT2D eigenvalue weighted by atomic mass is 9.79. The first kappa shape index (κ1) is 15.0. The lowest BCUT2D eigenvalue weighted by molar-refractivity contribution is -0.140. The van der Waals surface area contributed by atoms with E-state index >= 15 is 0 Å². The number of nitrogens with one attached hydrogen (secondary N) is 1. The standard InChI is InChI=1S/C14H17BrN2O3/c15-10-9-16-6-3-11(10)17-12(18)7-14(8-13(19)20)4-1-2-5-14/h3,6,9H,1-2,4-5,7-8H2,(H,19,20)(H,16,17,18). The lowest BCUT2D eigenvalue weighted by Gasteiger charge is -2.26. The summed E-state index contributed by atoms with van der Waals surface area (Å²) in [5.41, 5.74) is 0.281. The Kier molecular flexibility index (Phi) is 4.75. The van der Waals surface area contributed by atoms with Crippen LogP contribution < -0.4 is 5.32 Å². The molecule has 0 aliphatic heterocycles. The van der Waals surface area contributed by atoms with Gasteiger partial charge in [-0.05, 0) is 40.3 Å². The first-order valence-electron chi connectivity index (χ1n) is 6.62. The molecule has 1 fully saturated rings. The number of carbonyl (C=O) groups excluding carboxylic acids is 1. The van der Waals surface area contributed by atoms with Gasteiger partial charge in [0, 0.05) is 18.8 Å². The Morgan fingerprint density at radius 2 is 2.05 bits per heavy atom. The summed E-state index contributed by atoms with van der Waals surface area (Å²) >= 11 is 3.32. The van der Waals surface area contributed by atoms with Crippen molar-refractivity contribution in [2.45, 2.75) is 38.5 Å². The maximum absolute atomic E-state index is 12.2. The second-order valence-corrected chi connectivity index (χ2v) is 6.21. The average Bonchev–Trinajstić information content (AvgIpc) is 2.79. The molecule has 0 saturated heterocycles. The van der Waals surface area contributed by atoms with E-state index in [1.54, 1.807) is 18.5 Å². The molecular formula is C14H17BrN2O3. The highest BCUT2D eigenvalue weighted by atomic mass is 79.9. The normalized spacial score (nSPS) is 16.9. The zero-order valence-electron chi connectivity index (χ0n) is 11.1. The van der Waals surface area contributed by atoms with E-state index in [0.29, 0.717) is 10.2 Å². The minimum Gasteiger partial charge on any atom is -0.481 e. The van der Waals surface area contributed by atoms with Gasteiger partial charge >= 0.3 is 5.97 Å². The number of rotatable bonds is 5. The minimum absolute atomic E-state index is 0.0674. The third-order valence-electron chi connectivity index (χ3n) is 3.77. The molecule has 1 aromatic rings. The summed E-state index contributed by atoms with van der Waals surface area (Å²) in [7, 11) is 0. The van der Waals surface area contributed by atoms with E-state index in [-0.39, 0.29) is 24.2 Å². The number of aliphatic carboxylic acids is 1. The molecule has 0 radical (unpaired) electrons. The maximum atomic E-state index is 12.2. The number of carbonyl (C=O) groups is 2. The van der Waals surface area contributed by atoms with Crippen LogP contribution in [0.4, 0.5) is 5.69 Å². The molecule has 0 aromatic carbocycles. The van der Waals surface area contributed by atoms with Crippen LogP contribution in [-0.4, -0.2) is 22.0 Å². The van der Waals surface area contributed by atoms with Crippen molar-refractivity contribution in [2.75, 3.05) is 5.32 Å². The fourth-order valence-corrected chi connectivity index (χ4v) is 3.22. The van der Waals surface area contributed by atoms with E-state index in [4.69, 9.17) is 5.11 Å². The Bertz CT molecular complexity index is 513. The van der Waals surface area contributed by atoms with E-state index in [0.717, 1.165) is 25.7 Å². The van der Waals surface area contributed by atoms with Gasteiger partial charge in [0.1, 0.15) is 0 Å². The van der Waals surface area contributed by atoms with Gasteiger partial charge in [-0.3, -0.25) is 14.6 Å². The highest BCUT2D eigenvalue weighted by Gasteiger charge is 2.38. The first-order valence-corrected chi connectivity index (χ1v) is 7.41. The smallest absolute Gasteiger partial charge is 0.303 e. The number of nitrogens with zero attached hydrogens (tertiary/aromatic N) is 1. The summed E-state index contributed by atoms with van der Waals surface area (Å²) in [4.78, 5) is 27.1. The van der Waals surface area contributed by atoms with Crippen LogP contribution in [0.15, 0.2) is 22.9 Å². The maximum Gasteiger partial charge on any atom is 0.303 e. The van der Waals surface area contributed by atoms with Crippen molar-refractivity contribution in [3.63, 3.8) is 0 Å². The van der Waals surface area contributed by atoms with Gasteiger partial charge in [-0.15, -0.1) is 0 Å². The molecule has 0 spiro atoms. The molecule has 0 atom stereocenters. The fourth-order valence-electron chi connectivity index (χ4n) is 2.87. The molecule has 1 saturated carbocycles. The highest BCUT2D eigenvalue weighted by molar-refractivity contribution is 9.10. The van der Waals surface area contributed by atoms with E-state index in [2.05, 4.69) is 26.2 Å². The zero-order valence-corrected chi connectivity index (χ0v) is 12.6. The van der Waals surface area contributed by atoms with Crippen molar-refractivity contribution < 1.29 is 14.7 Å². The Balaban J connectivity index is 2.02. The predicted octanol–water partition coefficient (Wildman–Crippen LogP) is 3.21. The number of aromatic nitrogens is 1. The lowest BCUT2D eigenvalue weighted by Crippen LogP contribution is -2.27. The van der Waals surface area contributed by atoms with E-state index in [1.807, 2.05) is 0 Å². The number of anilines is 1. The largest absolute Gasteiger partial charge is 0.481 e. The van der Waals surface area contributed by atoms with Crippen LogP contribution in [0, 0.1) is 5.41 Å². The van der Waals surface area contributed by atoms with Gasteiger partial charge in [0.2, 0.25) is 5.91 Å². The molecule has 2 rings (SSSR count). The number of hydrogen-bond acceptors (Lipinski definition) is 3. The van der Waals surface area contributed by atoms with Crippen molar-refractivity contribution in [2.24, 2.45) is 5.41 Å². The predicted molar refractivity (Wildman–Crippen MR) is 78.3 cm³/mol. The van der Waals surface area contributed by atoms with Gasteiger partial charge in [0.15, 0.2) is 0 Å². The minimum atomic E-state index is -0.829. The van der Waals surface area contributed by atoms with E-state index in [9.17, 15) is 9.59 Å². The van der Waals surface area contributed by atoms with Gasteiger partial charge < -0.3 is 10.4 Å². The quantitative estimate of drug-likeness (QED) is 0.862. The molecule has 0 bridgehead atoms. The van der Waals surface area contributed by atoms with E-state index < -0.39 is 5.97 Å². The third-order valence-corrected chi connectivity index (χ3v) is 4.40. The second kappa shape index (κ2) is 6.35. The summed E-state index contributed by atoms with van der Waals surface area (Å²) in [5.74, 6) is -0.968. The monoisotopic (exact) mass is 340 g/mol. The number of pyridine rings is 1. The topological polar surface area (TPSA) is 79.3 Å². The number of carboxylic acids is 1. The van der Waals surface area contributed by atoms with Crippen LogP contribution >= 0.6 is 15.9 Å². The molecule has 1 amide bonds. The first-order chi connectivity index (χ1) is 9.51. The van der Waals surface area contributed by atoms with Crippen LogP contribution in [0.1, 0.15) is 38.5 Å². The summed E-state index contributed by atoms with van der Waals surface area (Å²) in [5, 5.41) is 11.9. The number of halogens is 1. The highest BCUT2D eigenvalue weighted by Crippen LogP contribution is 2.44. The van der Waals surface area contributed by atoms with Crippen molar-refractivity contribution in [1.82, 2.24) is 4.98 Å². The van der Waals surface area contributed by atoms with Crippen molar-refractivity contribution in [3.05, 3.63) is 22.9 Å². The summed E-state index contributed by atoms with van der Waals surface area (Å²) in [6.07, 6.45) is 7.15. The van der Waals surface area contributed by atoms with Gasteiger partial charge in [0.05, 0.1) is 16.6 Å². The molecule has 1 aliphatic rings. The van der Waals surface area contributed by atoms with Gasteiger partial charge in [-0.25, -0.2) is 0 Å². The molecule has 5 nitrogen and oxygen atoms in total. The summed E-state index contributed by atoms with van der Waals surface area (Å²) in [6, 6.07) is 1.71. The van der Waals surface area contributed by atoms with E-state index in [1.165, 1.54) is 0 Å². The Labute approximate surface area is 125 Å². The second-order valence-electron chi connectivity index (χ2n) is 5.36. The average molecular weight is 341 g/mol. The Morgan fingerprint density at radius 1 is 1.35 bits per heavy atom. The fraction of sp³-hybridized carbons (Fsp3) is 0.500. The van der Waals surface area contributed by atoms with Crippen LogP contribution in [0.2, 0.25) is 0 Å². The molecular weight excluding hydrogens is 324 g/mol. The number of carboxylic acid groups (broad SMARTS) is 1. The molecule has 6 heteroatoms. The Morgan fingerprint density at radius 3 is 2.65 bits per heavy atom. The number of amides is 1. The van der Waals surface area contributed by atoms with Gasteiger partial charge in [0.25, 0.3) is 0 Å². The van der Waals surface area contributed by atoms with Crippen LogP contribution in [0.5, 0.6) is 0 Å². The van der Waals surface area contributed by atoms with Crippen molar-refractivity contribution >= 4 is 33.5 Å². The summed E-state index contributed by atoms with van der Waals surface area (Å²) < 4.78 is 0.715. The van der Waals surface area contributed by atoms with Crippen LogP contribution in [0.25, 0.3) is 0 Å². The molecule has 1 aliphatic carbocycles. The molecule has 2 N–H and O–H groups in total. The summed E-state index contributed by atoms with van der Waals surface area (Å²) in [6.45, 7) is 0. The molecule has 108 valence electrons.